The Labute approximate surface area is 153 Å². The number of nitrogens with zero attached hydrogens (tertiary/aromatic N) is 5. The molecule has 0 unspecified atom stereocenters. The summed E-state index contributed by atoms with van der Waals surface area (Å²) >= 11 is 0. The molecule has 0 bridgehead atoms. The molecule has 2 aromatic heterocycles. The highest BCUT2D eigenvalue weighted by atomic mass is 16.5. The SMILES string of the molecule is [B]c1cccc(CNc2nc(C)nc3cnc(N4CCOCC4)nc23)c1. The maximum atomic E-state index is 5.85. The monoisotopic (exact) mass is 346 g/mol. The van der Waals surface area contributed by atoms with Gasteiger partial charge in [0.1, 0.15) is 24.7 Å². The van der Waals surface area contributed by atoms with E-state index in [1.54, 1.807) is 6.20 Å². The molecule has 1 aliphatic heterocycles. The molecule has 1 saturated heterocycles. The van der Waals surface area contributed by atoms with Crippen molar-refractivity contribution in [3.05, 3.63) is 41.9 Å². The fourth-order valence-electron chi connectivity index (χ4n) is 2.96. The third-order valence-electron chi connectivity index (χ3n) is 4.24. The lowest BCUT2D eigenvalue weighted by molar-refractivity contribution is 0.122. The van der Waals surface area contributed by atoms with Crippen LogP contribution in [0.3, 0.4) is 0 Å². The van der Waals surface area contributed by atoms with E-state index in [1.165, 1.54) is 0 Å². The Balaban J connectivity index is 1.65. The number of ether oxygens (including phenoxy) is 1. The van der Waals surface area contributed by atoms with E-state index in [9.17, 15) is 0 Å². The molecular formula is C18H19BN6O. The highest BCUT2D eigenvalue weighted by Gasteiger charge is 2.16. The predicted molar refractivity (Wildman–Crippen MR) is 102 cm³/mol. The molecule has 0 aliphatic carbocycles. The molecule has 7 nitrogen and oxygen atoms in total. The van der Waals surface area contributed by atoms with Crippen molar-refractivity contribution in [1.82, 2.24) is 19.9 Å². The predicted octanol–water partition coefficient (Wildman–Crippen LogP) is 0.971. The average Bonchev–Trinajstić information content (AvgIpc) is 2.66. The van der Waals surface area contributed by atoms with E-state index in [0.717, 1.165) is 35.1 Å². The molecule has 2 radical (unpaired) electrons. The zero-order valence-corrected chi connectivity index (χ0v) is 14.6. The highest BCUT2D eigenvalue weighted by Crippen LogP contribution is 2.21. The molecule has 3 heterocycles. The summed E-state index contributed by atoms with van der Waals surface area (Å²) in [6.45, 7) is 5.40. The molecule has 0 atom stereocenters. The third kappa shape index (κ3) is 3.60. The van der Waals surface area contributed by atoms with Crippen LogP contribution in [0.5, 0.6) is 0 Å². The highest BCUT2D eigenvalue weighted by molar-refractivity contribution is 6.32. The van der Waals surface area contributed by atoms with Crippen LogP contribution in [-0.4, -0.2) is 54.1 Å². The zero-order chi connectivity index (χ0) is 17.9. The van der Waals surface area contributed by atoms with E-state index in [-0.39, 0.29) is 0 Å². The first-order valence-corrected chi connectivity index (χ1v) is 8.61. The van der Waals surface area contributed by atoms with Gasteiger partial charge in [0.2, 0.25) is 5.95 Å². The summed E-state index contributed by atoms with van der Waals surface area (Å²) in [5, 5.41) is 3.36. The molecule has 4 rings (SSSR count). The Hall–Kier alpha value is -2.74. The van der Waals surface area contributed by atoms with E-state index in [4.69, 9.17) is 17.6 Å². The van der Waals surface area contributed by atoms with Crippen molar-refractivity contribution in [2.45, 2.75) is 13.5 Å². The van der Waals surface area contributed by atoms with Crippen LogP contribution in [-0.2, 0) is 11.3 Å². The van der Waals surface area contributed by atoms with Crippen LogP contribution in [0.25, 0.3) is 11.0 Å². The molecule has 26 heavy (non-hydrogen) atoms. The van der Waals surface area contributed by atoms with Gasteiger partial charge < -0.3 is 15.0 Å². The minimum atomic E-state index is 0.605. The molecule has 1 fully saturated rings. The summed E-state index contributed by atoms with van der Waals surface area (Å²) in [6.07, 6.45) is 1.76. The largest absolute Gasteiger partial charge is 0.378 e. The summed E-state index contributed by atoms with van der Waals surface area (Å²) in [6, 6.07) is 7.77. The first kappa shape index (κ1) is 16.7. The lowest BCUT2D eigenvalue weighted by atomic mass is 9.94. The minimum Gasteiger partial charge on any atom is -0.378 e. The quantitative estimate of drug-likeness (QED) is 0.706. The van der Waals surface area contributed by atoms with Gasteiger partial charge in [-0.1, -0.05) is 29.7 Å². The Morgan fingerprint density at radius 2 is 2.04 bits per heavy atom. The lowest BCUT2D eigenvalue weighted by Gasteiger charge is -2.26. The Morgan fingerprint density at radius 3 is 2.85 bits per heavy atom. The number of aryl methyl sites for hydroxylation is 1. The Morgan fingerprint density at radius 1 is 1.19 bits per heavy atom. The van der Waals surface area contributed by atoms with Crippen LogP contribution >= 0.6 is 0 Å². The van der Waals surface area contributed by atoms with Gasteiger partial charge in [-0.3, -0.25) is 0 Å². The van der Waals surface area contributed by atoms with Gasteiger partial charge in [-0.25, -0.2) is 19.9 Å². The van der Waals surface area contributed by atoms with Gasteiger partial charge in [0.25, 0.3) is 0 Å². The molecule has 0 saturated carbocycles. The normalized spacial score (nSPS) is 14.6. The summed E-state index contributed by atoms with van der Waals surface area (Å²) in [5.41, 5.74) is 3.27. The summed E-state index contributed by atoms with van der Waals surface area (Å²) in [4.78, 5) is 20.3. The topological polar surface area (TPSA) is 76.1 Å². The van der Waals surface area contributed by atoms with E-state index in [1.807, 2.05) is 31.2 Å². The number of morpholine rings is 1. The van der Waals surface area contributed by atoms with Crippen molar-refractivity contribution >= 4 is 36.1 Å². The van der Waals surface area contributed by atoms with Crippen molar-refractivity contribution in [3.63, 3.8) is 0 Å². The molecule has 0 amide bonds. The fourth-order valence-corrected chi connectivity index (χ4v) is 2.96. The minimum absolute atomic E-state index is 0.605. The number of rotatable bonds is 4. The second-order valence-electron chi connectivity index (χ2n) is 6.22. The molecule has 1 aromatic carbocycles. The number of aromatic nitrogens is 4. The van der Waals surface area contributed by atoms with Gasteiger partial charge in [0, 0.05) is 19.6 Å². The number of nitrogens with one attached hydrogen (secondary N) is 1. The zero-order valence-electron chi connectivity index (χ0n) is 14.6. The van der Waals surface area contributed by atoms with E-state index in [2.05, 4.69) is 25.2 Å². The van der Waals surface area contributed by atoms with Crippen molar-refractivity contribution in [2.24, 2.45) is 0 Å². The van der Waals surface area contributed by atoms with Gasteiger partial charge in [-0.2, -0.15) is 0 Å². The Bertz CT molecular complexity index is 929. The third-order valence-corrected chi connectivity index (χ3v) is 4.24. The van der Waals surface area contributed by atoms with Crippen LogP contribution < -0.4 is 15.7 Å². The van der Waals surface area contributed by atoms with Gasteiger partial charge in [0.05, 0.1) is 19.4 Å². The Kier molecular flexibility index (Phi) is 4.66. The maximum absolute atomic E-state index is 5.85. The van der Waals surface area contributed by atoms with Gasteiger partial charge in [-0.15, -0.1) is 0 Å². The maximum Gasteiger partial charge on any atom is 0.226 e. The van der Waals surface area contributed by atoms with Gasteiger partial charge >= 0.3 is 0 Å². The van der Waals surface area contributed by atoms with E-state index < -0.39 is 0 Å². The summed E-state index contributed by atoms with van der Waals surface area (Å²) in [5.74, 6) is 2.06. The fraction of sp³-hybridized carbons (Fsp3) is 0.333. The van der Waals surface area contributed by atoms with Gasteiger partial charge in [0.15, 0.2) is 5.82 Å². The van der Waals surface area contributed by atoms with Crippen LogP contribution in [0.1, 0.15) is 11.4 Å². The second-order valence-corrected chi connectivity index (χ2v) is 6.22. The number of anilines is 2. The van der Waals surface area contributed by atoms with Crippen LogP contribution in [0, 0.1) is 6.92 Å². The first-order chi connectivity index (χ1) is 12.7. The average molecular weight is 346 g/mol. The summed E-state index contributed by atoms with van der Waals surface area (Å²) < 4.78 is 5.40. The molecule has 130 valence electrons. The molecule has 3 aromatic rings. The lowest BCUT2D eigenvalue weighted by Crippen LogP contribution is -2.37. The van der Waals surface area contributed by atoms with Crippen molar-refractivity contribution in [2.75, 3.05) is 36.5 Å². The smallest absolute Gasteiger partial charge is 0.226 e. The van der Waals surface area contributed by atoms with Crippen molar-refractivity contribution in [3.8, 4) is 0 Å². The molecule has 8 heteroatoms. The van der Waals surface area contributed by atoms with Crippen molar-refractivity contribution in [1.29, 1.82) is 0 Å². The number of hydrogen-bond acceptors (Lipinski definition) is 7. The standard InChI is InChI=1S/C18H19BN6O/c1-12-22-15-11-21-18(25-5-7-26-8-6-25)24-16(15)17(23-12)20-10-13-3-2-4-14(19)9-13/h2-4,9,11H,5-8,10H2,1H3,(H,20,22,23). The van der Waals surface area contributed by atoms with E-state index >= 15 is 0 Å². The molecule has 1 aliphatic rings. The van der Waals surface area contributed by atoms with E-state index in [0.29, 0.717) is 37.3 Å². The number of hydrogen-bond donors (Lipinski definition) is 1. The van der Waals surface area contributed by atoms with Crippen molar-refractivity contribution < 1.29 is 4.74 Å². The first-order valence-electron chi connectivity index (χ1n) is 8.61. The number of fused-ring (bicyclic) bond motifs is 1. The number of benzene rings is 1. The van der Waals surface area contributed by atoms with Gasteiger partial charge in [-0.05, 0) is 12.5 Å². The second kappa shape index (κ2) is 7.25. The molecular weight excluding hydrogens is 327 g/mol. The van der Waals surface area contributed by atoms with Crippen LogP contribution in [0.15, 0.2) is 30.5 Å². The summed E-state index contributed by atoms with van der Waals surface area (Å²) in [7, 11) is 5.85. The molecule has 1 N–H and O–H groups in total. The molecule has 0 spiro atoms. The van der Waals surface area contributed by atoms with Crippen LogP contribution in [0.4, 0.5) is 11.8 Å². The van der Waals surface area contributed by atoms with Crippen LogP contribution in [0.2, 0.25) is 0 Å².